The van der Waals surface area contributed by atoms with Crippen molar-refractivity contribution in [3.63, 3.8) is 0 Å². The van der Waals surface area contributed by atoms with Crippen molar-refractivity contribution < 1.29 is 9.53 Å². The van der Waals surface area contributed by atoms with Gasteiger partial charge in [-0.25, -0.2) is 0 Å². The fourth-order valence-electron chi connectivity index (χ4n) is 1.96. The summed E-state index contributed by atoms with van der Waals surface area (Å²) in [6.07, 6.45) is 3.17. The van der Waals surface area contributed by atoms with Gasteiger partial charge in [0.05, 0.1) is 18.7 Å². The normalized spacial score (nSPS) is 10.2. The van der Waals surface area contributed by atoms with Crippen LogP contribution in [0.3, 0.4) is 0 Å². The minimum atomic E-state index is -0.242. The molecule has 0 saturated carbocycles. The van der Waals surface area contributed by atoms with Gasteiger partial charge in [-0.15, -0.1) is 0 Å². The number of hydrogen-bond acceptors (Lipinski definition) is 3. The maximum atomic E-state index is 11.9. The van der Waals surface area contributed by atoms with Crippen molar-refractivity contribution in [2.75, 3.05) is 12.4 Å². The molecule has 2 rings (SSSR count). The first kappa shape index (κ1) is 15.3. The zero-order chi connectivity index (χ0) is 15.9. The van der Waals surface area contributed by atoms with E-state index in [1.165, 1.54) is 6.08 Å². The molecule has 0 aliphatic rings. The van der Waals surface area contributed by atoms with Gasteiger partial charge in [-0.05, 0) is 49.4 Å². The number of nitrogens with one attached hydrogen (secondary N) is 1. The first-order chi connectivity index (χ1) is 10.6. The Morgan fingerprint density at radius 2 is 1.95 bits per heavy atom. The summed E-state index contributed by atoms with van der Waals surface area (Å²) < 4.78 is 5.26. The van der Waals surface area contributed by atoms with Crippen molar-refractivity contribution in [1.82, 2.24) is 0 Å². The van der Waals surface area contributed by atoms with E-state index in [2.05, 4.69) is 5.32 Å². The van der Waals surface area contributed by atoms with Gasteiger partial charge in [0.15, 0.2) is 0 Å². The van der Waals surface area contributed by atoms with E-state index in [-0.39, 0.29) is 5.91 Å². The fourth-order valence-corrected chi connectivity index (χ4v) is 1.96. The molecule has 0 radical (unpaired) electrons. The van der Waals surface area contributed by atoms with Crippen molar-refractivity contribution in [3.05, 3.63) is 65.2 Å². The van der Waals surface area contributed by atoms with Gasteiger partial charge in [-0.3, -0.25) is 4.79 Å². The van der Waals surface area contributed by atoms with E-state index < -0.39 is 0 Å². The monoisotopic (exact) mass is 292 g/mol. The molecule has 22 heavy (non-hydrogen) atoms. The van der Waals surface area contributed by atoms with Crippen LogP contribution in [0.15, 0.2) is 48.5 Å². The van der Waals surface area contributed by atoms with Gasteiger partial charge in [-0.2, -0.15) is 5.26 Å². The zero-order valence-corrected chi connectivity index (χ0v) is 12.5. The molecule has 0 aromatic heterocycles. The third kappa shape index (κ3) is 3.97. The van der Waals surface area contributed by atoms with Crippen LogP contribution in [0.4, 0.5) is 5.69 Å². The molecule has 0 atom stereocenters. The maximum absolute atomic E-state index is 11.9. The van der Waals surface area contributed by atoms with Crippen molar-refractivity contribution in [2.45, 2.75) is 6.92 Å². The molecule has 0 aliphatic heterocycles. The number of hydrogen-bond donors (Lipinski definition) is 1. The Morgan fingerprint density at radius 3 is 2.59 bits per heavy atom. The largest absolute Gasteiger partial charge is 0.496 e. The number of amides is 1. The number of nitriles is 1. The highest BCUT2D eigenvalue weighted by molar-refractivity contribution is 6.02. The van der Waals surface area contributed by atoms with Crippen LogP contribution in [0.25, 0.3) is 6.08 Å². The Bertz CT molecular complexity index is 741. The first-order valence-electron chi connectivity index (χ1n) is 6.76. The van der Waals surface area contributed by atoms with E-state index in [0.29, 0.717) is 17.0 Å². The molecule has 4 heteroatoms. The zero-order valence-electron chi connectivity index (χ0n) is 12.5. The lowest BCUT2D eigenvalue weighted by molar-refractivity contribution is -0.111. The van der Waals surface area contributed by atoms with Gasteiger partial charge < -0.3 is 10.1 Å². The van der Waals surface area contributed by atoms with Gasteiger partial charge in [0, 0.05) is 17.3 Å². The second-order valence-electron chi connectivity index (χ2n) is 4.76. The summed E-state index contributed by atoms with van der Waals surface area (Å²) in [7, 11) is 1.60. The number of benzene rings is 2. The molecule has 0 saturated heterocycles. The third-order valence-electron chi connectivity index (χ3n) is 3.08. The van der Waals surface area contributed by atoms with Crippen molar-refractivity contribution >= 4 is 17.7 Å². The molecule has 1 N–H and O–H groups in total. The van der Waals surface area contributed by atoms with Gasteiger partial charge in [0.25, 0.3) is 0 Å². The van der Waals surface area contributed by atoms with E-state index in [9.17, 15) is 4.79 Å². The Morgan fingerprint density at radius 1 is 1.23 bits per heavy atom. The Labute approximate surface area is 129 Å². The van der Waals surface area contributed by atoms with Crippen LogP contribution in [0.5, 0.6) is 5.75 Å². The Balaban J connectivity index is 2.08. The molecule has 2 aromatic rings. The summed E-state index contributed by atoms with van der Waals surface area (Å²) in [5, 5.41) is 11.5. The molecule has 0 spiro atoms. The van der Waals surface area contributed by atoms with Crippen LogP contribution in [0.1, 0.15) is 16.7 Å². The second-order valence-corrected chi connectivity index (χ2v) is 4.76. The molecule has 0 unspecified atom stereocenters. The lowest BCUT2D eigenvalue weighted by Gasteiger charge is -2.06. The average molecular weight is 292 g/mol. The Hall–Kier alpha value is -3.06. The van der Waals surface area contributed by atoms with Gasteiger partial charge in [-0.1, -0.05) is 11.6 Å². The van der Waals surface area contributed by atoms with Gasteiger partial charge >= 0.3 is 0 Å². The van der Waals surface area contributed by atoms with Crippen LogP contribution < -0.4 is 10.1 Å². The maximum Gasteiger partial charge on any atom is 0.248 e. The van der Waals surface area contributed by atoms with Crippen molar-refractivity contribution in [3.8, 4) is 11.8 Å². The summed E-state index contributed by atoms with van der Waals surface area (Å²) in [5.41, 5.74) is 3.13. The summed E-state index contributed by atoms with van der Waals surface area (Å²) in [6, 6.07) is 14.5. The highest BCUT2D eigenvalue weighted by Crippen LogP contribution is 2.21. The molecular formula is C18H16N2O2. The number of carbonyl (C=O) groups excluding carboxylic acids is 1. The number of nitrogens with zero attached hydrogens (tertiary/aromatic N) is 1. The number of carbonyl (C=O) groups is 1. The lowest BCUT2D eigenvalue weighted by atomic mass is 10.1. The molecule has 0 bridgehead atoms. The first-order valence-corrected chi connectivity index (χ1v) is 6.76. The van der Waals surface area contributed by atoms with E-state index >= 15 is 0 Å². The van der Waals surface area contributed by atoms with Gasteiger partial charge in [0.1, 0.15) is 5.75 Å². The molecule has 0 aliphatic carbocycles. The Kier molecular flexibility index (Phi) is 4.94. The van der Waals surface area contributed by atoms with Crippen molar-refractivity contribution in [2.24, 2.45) is 0 Å². The summed E-state index contributed by atoms with van der Waals surface area (Å²) in [4.78, 5) is 11.9. The lowest BCUT2D eigenvalue weighted by Crippen LogP contribution is -2.07. The topological polar surface area (TPSA) is 62.1 Å². The molecule has 110 valence electrons. The third-order valence-corrected chi connectivity index (χ3v) is 3.08. The van der Waals surface area contributed by atoms with E-state index in [1.54, 1.807) is 37.5 Å². The molecule has 0 heterocycles. The number of anilines is 1. The van der Waals surface area contributed by atoms with Crippen LogP contribution in [-0.4, -0.2) is 13.0 Å². The predicted octanol–water partition coefficient (Wildman–Crippen LogP) is 3.53. The molecule has 2 aromatic carbocycles. The summed E-state index contributed by atoms with van der Waals surface area (Å²) in [6.45, 7) is 1.98. The smallest absolute Gasteiger partial charge is 0.248 e. The van der Waals surface area contributed by atoms with Crippen LogP contribution in [0, 0.1) is 18.3 Å². The summed E-state index contributed by atoms with van der Waals surface area (Å²) >= 11 is 0. The second kappa shape index (κ2) is 7.09. The van der Waals surface area contributed by atoms with Crippen LogP contribution in [0.2, 0.25) is 0 Å². The molecule has 0 fully saturated rings. The van der Waals surface area contributed by atoms with Crippen LogP contribution >= 0.6 is 0 Å². The fraction of sp³-hybridized carbons (Fsp3) is 0.111. The van der Waals surface area contributed by atoms with Gasteiger partial charge in [0.2, 0.25) is 5.91 Å². The van der Waals surface area contributed by atoms with Crippen molar-refractivity contribution in [1.29, 1.82) is 5.26 Å². The standard InChI is InChI=1S/C18H16N2O2/c1-13-3-9-17(22-2)15(11-13)6-10-18(21)20-16-7-4-14(12-19)5-8-16/h3-11H,1-2H3,(H,20,21)/b10-6+. The van der Waals surface area contributed by atoms with E-state index in [1.807, 2.05) is 31.2 Å². The number of methoxy groups -OCH3 is 1. The number of aryl methyl sites for hydroxylation is 1. The summed E-state index contributed by atoms with van der Waals surface area (Å²) in [5.74, 6) is 0.473. The highest BCUT2D eigenvalue weighted by atomic mass is 16.5. The molecular weight excluding hydrogens is 276 g/mol. The minimum absolute atomic E-state index is 0.242. The minimum Gasteiger partial charge on any atom is -0.496 e. The van der Waals surface area contributed by atoms with Crippen LogP contribution in [-0.2, 0) is 4.79 Å². The van der Waals surface area contributed by atoms with E-state index in [0.717, 1.165) is 11.1 Å². The molecule has 1 amide bonds. The average Bonchev–Trinajstić information content (AvgIpc) is 2.54. The number of rotatable bonds is 4. The molecule has 4 nitrogen and oxygen atoms in total. The quantitative estimate of drug-likeness (QED) is 0.877. The SMILES string of the molecule is COc1ccc(C)cc1/C=C/C(=O)Nc1ccc(C#N)cc1. The highest BCUT2D eigenvalue weighted by Gasteiger charge is 2.02. The predicted molar refractivity (Wildman–Crippen MR) is 86.6 cm³/mol. The number of ether oxygens (including phenoxy) is 1. The van der Waals surface area contributed by atoms with E-state index in [4.69, 9.17) is 10.00 Å².